The minimum atomic E-state index is -0.0600. The second-order valence-corrected chi connectivity index (χ2v) is 3.70. The largest absolute Gasteiger partial charge is 0.382 e. The predicted molar refractivity (Wildman–Crippen MR) is 58.7 cm³/mol. The topological polar surface area (TPSA) is 96.7 Å². The lowest BCUT2D eigenvalue weighted by atomic mass is 10.5. The Labute approximate surface area is 89.2 Å². The Kier molecular flexibility index (Phi) is 2.64. The molecule has 0 aliphatic rings. The van der Waals surface area contributed by atoms with E-state index in [4.69, 9.17) is 5.73 Å². The molecule has 0 aromatic carbocycles. The van der Waals surface area contributed by atoms with Gasteiger partial charge < -0.3 is 16.0 Å². The number of thiazole rings is 1. The van der Waals surface area contributed by atoms with Crippen LogP contribution < -0.4 is 15.9 Å². The van der Waals surface area contributed by atoms with Crippen molar-refractivity contribution in [2.45, 2.75) is 6.54 Å². The van der Waals surface area contributed by atoms with Crippen molar-refractivity contribution < 1.29 is 0 Å². The summed E-state index contributed by atoms with van der Waals surface area (Å²) in [5, 5.41) is 4.77. The zero-order valence-corrected chi connectivity index (χ0v) is 8.54. The molecule has 0 aliphatic carbocycles. The molecule has 4 N–H and O–H groups in total. The molecule has 78 valence electrons. The molecule has 0 saturated heterocycles. The van der Waals surface area contributed by atoms with Crippen LogP contribution in [0.2, 0.25) is 0 Å². The molecule has 0 amide bonds. The SMILES string of the molecule is Nc1cnc(NCc2csc(=O)[nH]2)cn1. The van der Waals surface area contributed by atoms with Crippen LogP contribution in [0, 0.1) is 0 Å². The summed E-state index contributed by atoms with van der Waals surface area (Å²) in [6.45, 7) is 0.511. The highest BCUT2D eigenvalue weighted by molar-refractivity contribution is 7.07. The van der Waals surface area contributed by atoms with Crippen molar-refractivity contribution in [1.29, 1.82) is 0 Å². The molecule has 6 nitrogen and oxygen atoms in total. The number of hydrogen-bond acceptors (Lipinski definition) is 6. The lowest BCUT2D eigenvalue weighted by Gasteiger charge is -2.02. The van der Waals surface area contributed by atoms with E-state index < -0.39 is 0 Å². The predicted octanol–water partition coefficient (Wildman–Crippen LogP) is 0.421. The fourth-order valence-corrected chi connectivity index (χ4v) is 1.60. The van der Waals surface area contributed by atoms with Gasteiger partial charge in [-0.3, -0.25) is 4.79 Å². The molecular formula is C8H9N5OS. The summed E-state index contributed by atoms with van der Waals surface area (Å²) in [5.41, 5.74) is 6.21. The van der Waals surface area contributed by atoms with Gasteiger partial charge in [0.05, 0.1) is 18.9 Å². The molecular weight excluding hydrogens is 214 g/mol. The number of nitrogens with one attached hydrogen (secondary N) is 2. The standard InChI is InChI=1S/C8H9N5OS/c9-6-2-12-7(3-10-6)11-1-5-4-15-8(14)13-5/h2-4H,1H2,(H2,9,10)(H,11,12)(H,13,14). The number of nitrogen functional groups attached to an aromatic ring is 1. The number of rotatable bonds is 3. The van der Waals surface area contributed by atoms with Crippen molar-refractivity contribution in [3.8, 4) is 0 Å². The van der Waals surface area contributed by atoms with Gasteiger partial charge in [0.1, 0.15) is 11.6 Å². The summed E-state index contributed by atoms with van der Waals surface area (Å²) in [5.74, 6) is 1.00. The van der Waals surface area contributed by atoms with E-state index >= 15 is 0 Å². The Morgan fingerprint density at radius 3 is 2.93 bits per heavy atom. The molecule has 0 aliphatic heterocycles. The van der Waals surface area contributed by atoms with Crippen molar-refractivity contribution in [2.75, 3.05) is 11.1 Å². The van der Waals surface area contributed by atoms with E-state index in [1.54, 1.807) is 11.6 Å². The van der Waals surface area contributed by atoms with E-state index in [-0.39, 0.29) is 4.87 Å². The van der Waals surface area contributed by atoms with E-state index in [0.717, 1.165) is 17.0 Å². The first-order chi connectivity index (χ1) is 7.24. The number of nitrogens with zero attached hydrogens (tertiary/aromatic N) is 2. The number of aromatic amines is 1. The van der Waals surface area contributed by atoms with Crippen molar-refractivity contribution >= 4 is 23.0 Å². The van der Waals surface area contributed by atoms with Gasteiger partial charge in [-0.1, -0.05) is 11.3 Å². The quantitative estimate of drug-likeness (QED) is 0.700. The summed E-state index contributed by atoms with van der Waals surface area (Å²) in [6.07, 6.45) is 3.01. The molecule has 15 heavy (non-hydrogen) atoms. The first kappa shape index (κ1) is 9.66. The van der Waals surface area contributed by atoms with Gasteiger partial charge in [0.2, 0.25) is 0 Å². The molecule has 2 aromatic heterocycles. The smallest absolute Gasteiger partial charge is 0.304 e. The van der Waals surface area contributed by atoms with Crippen LogP contribution in [-0.2, 0) is 6.54 Å². The molecule has 2 heterocycles. The number of hydrogen-bond donors (Lipinski definition) is 3. The van der Waals surface area contributed by atoms with E-state index in [9.17, 15) is 4.79 Å². The molecule has 2 aromatic rings. The highest BCUT2D eigenvalue weighted by Gasteiger charge is 1.97. The fourth-order valence-electron chi connectivity index (χ4n) is 1.02. The number of nitrogens with two attached hydrogens (primary N) is 1. The van der Waals surface area contributed by atoms with Crippen molar-refractivity contribution in [2.24, 2.45) is 0 Å². The van der Waals surface area contributed by atoms with Crippen LogP contribution in [0.15, 0.2) is 22.6 Å². The van der Waals surface area contributed by atoms with E-state index in [0.29, 0.717) is 18.2 Å². The first-order valence-corrected chi connectivity index (χ1v) is 5.10. The molecule has 0 radical (unpaired) electrons. The Hall–Kier alpha value is -1.89. The third kappa shape index (κ3) is 2.53. The maximum absolute atomic E-state index is 10.8. The highest BCUT2D eigenvalue weighted by atomic mass is 32.1. The third-order valence-corrected chi connectivity index (χ3v) is 2.42. The summed E-state index contributed by atoms with van der Waals surface area (Å²) < 4.78 is 0. The fraction of sp³-hybridized carbons (Fsp3) is 0.125. The van der Waals surface area contributed by atoms with Crippen LogP contribution in [0.4, 0.5) is 11.6 Å². The van der Waals surface area contributed by atoms with Gasteiger partial charge in [-0.2, -0.15) is 0 Å². The van der Waals surface area contributed by atoms with Crippen LogP contribution in [0.3, 0.4) is 0 Å². The molecule has 0 unspecified atom stereocenters. The van der Waals surface area contributed by atoms with Crippen LogP contribution in [0.5, 0.6) is 0 Å². The summed E-state index contributed by atoms with van der Waals surface area (Å²) in [4.78, 5) is 21.4. The Morgan fingerprint density at radius 1 is 1.47 bits per heavy atom. The van der Waals surface area contributed by atoms with Gasteiger partial charge in [-0.15, -0.1) is 0 Å². The molecule has 0 fully saturated rings. The van der Waals surface area contributed by atoms with Gasteiger partial charge >= 0.3 is 4.87 Å². The van der Waals surface area contributed by atoms with Crippen molar-refractivity contribution in [3.63, 3.8) is 0 Å². The zero-order chi connectivity index (χ0) is 10.7. The van der Waals surface area contributed by atoms with Crippen LogP contribution in [-0.4, -0.2) is 15.0 Å². The lowest BCUT2D eigenvalue weighted by molar-refractivity contribution is 1.03. The maximum atomic E-state index is 10.8. The first-order valence-electron chi connectivity index (χ1n) is 4.22. The van der Waals surface area contributed by atoms with Gasteiger partial charge in [0.15, 0.2) is 0 Å². The highest BCUT2D eigenvalue weighted by Crippen LogP contribution is 2.04. The minimum absolute atomic E-state index is 0.0600. The average molecular weight is 223 g/mol. The summed E-state index contributed by atoms with van der Waals surface area (Å²) in [7, 11) is 0. The Bertz CT molecular complexity index is 488. The number of aromatic nitrogens is 3. The number of H-pyrrole nitrogens is 1. The normalized spacial score (nSPS) is 10.1. The molecule has 0 saturated carbocycles. The zero-order valence-electron chi connectivity index (χ0n) is 7.73. The van der Waals surface area contributed by atoms with Gasteiger partial charge in [-0.25, -0.2) is 9.97 Å². The van der Waals surface area contributed by atoms with E-state index in [2.05, 4.69) is 20.3 Å². The number of anilines is 2. The second kappa shape index (κ2) is 4.09. The van der Waals surface area contributed by atoms with Gasteiger partial charge in [0.25, 0.3) is 0 Å². The van der Waals surface area contributed by atoms with Gasteiger partial charge in [0, 0.05) is 11.1 Å². The third-order valence-electron chi connectivity index (χ3n) is 1.70. The minimum Gasteiger partial charge on any atom is -0.382 e. The molecule has 7 heteroatoms. The summed E-state index contributed by atoms with van der Waals surface area (Å²) in [6, 6.07) is 0. The van der Waals surface area contributed by atoms with Gasteiger partial charge in [-0.05, 0) is 0 Å². The second-order valence-electron chi connectivity index (χ2n) is 2.85. The molecule has 0 spiro atoms. The summed E-state index contributed by atoms with van der Waals surface area (Å²) >= 11 is 1.13. The van der Waals surface area contributed by atoms with Crippen molar-refractivity contribution in [1.82, 2.24) is 15.0 Å². The Morgan fingerprint density at radius 2 is 2.33 bits per heavy atom. The van der Waals surface area contributed by atoms with E-state index in [1.807, 2.05) is 0 Å². The van der Waals surface area contributed by atoms with E-state index in [1.165, 1.54) is 6.20 Å². The van der Waals surface area contributed by atoms with Crippen molar-refractivity contribution in [3.05, 3.63) is 33.1 Å². The molecule has 0 bridgehead atoms. The lowest BCUT2D eigenvalue weighted by Crippen LogP contribution is -2.04. The molecule has 0 atom stereocenters. The average Bonchev–Trinajstić information content (AvgIpc) is 2.64. The van der Waals surface area contributed by atoms with Crippen LogP contribution in [0.1, 0.15) is 5.69 Å². The van der Waals surface area contributed by atoms with Crippen LogP contribution >= 0.6 is 11.3 Å². The Balaban J connectivity index is 1.99. The van der Waals surface area contributed by atoms with Crippen LogP contribution in [0.25, 0.3) is 0 Å². The maximum Gasteiger partial charge on any atom is 0.304 e. The molecule has 2 rings (SSSR count). The monoisotopic (exact) mass is 223 g/mol.